The normalized spacial score (nSPS) is 14.0. The van der Waals surface area contributed by atoms with Gasteiger partial charge in [0.1, 0.15) is 11.5 Å². The van der Waals surface area contributed by atoms with Crippen molar-refractivity contribution in [3.8, 4) is 11.5 Å². The van der Waals surface area contributed by atoms with Gasteiger partial charge < -0.3 is 19.3 Å². The maximum atomic E-state index is 12.9. The van der Waals surface area contributed by atoms with Gasteiger partial charge in [-0.15, -0.1) is 0 Å². The van der Waals surface area contributed by atoms with Gasteiger partial charge in [-0.2, -0.15) is 0 Å². The van der Waals surface area contributed by atoms with Gasteiger partial charge in [0.05, 0.1) is 0 Å². The van der Waals surface area contributed by atoms with Crippen molar-refractivity contribution in [3.63, 3.8) is 0 Å². The Morgan fingerprint density at radius 1 is 0.935 bits per heavy atom. The topological polar surface area (TPSA) is 76.2 Å². The predicted molar refractivity (Wildman–Crippen MR) is 116 cm³/mol. The van der Waals surface area contributed by atoms with Gasteiger partial charge in [-0.25, -0.2) is 0 Å². The van der Waals surface area contributed by atoms with Crippen LogP contribution in [0.3, 0.4) is 0 Å². The van der Waals surface area contributed by atoms with Crippen molar-refractivity contribution >= 4 is 17.8 Å². The molecule has 3 rings (SSSR count). The predicted octanol–water partition coefficient (Wildman–Crippen LogP) is 2.98. The van der Waals surface area contributed by atoms with Crippen LogP contribution in [0.15, 0.2) is 42.5 Å². The average Bonchev–Trinajstić information content (AvgIpc) is 2.98. The molecule has 0 atom stereocenters. The van der Waals surface area contributed by atoms with Crippen LogP contribution in [0.25, 0.3) is 0 Å². The second-order valence-corrected chi connectivity index (χ2v) is 7.71. The smallest absolute Gasteiger partial charge is 0.308 e. The minimum absolute atomic E-state index is 0.0255. The van der Waals surface area contributed by atoms with Gasteiger partial charge in [-0.1, -0.05) is 23.8 Å². The highest BCUT2D eigenvalue weighted by Gasteiger charge is 2.23. The summed E-state index contributed by atoms with van der Waals surface area (Å²) in [5, 5.41) is 0. The van der Waals surface area contributed by atoms with Gasteiger partial charge in [0, 0.05) is 38.7 Å². The molecule has 0 spiro atoms. The first-order valence-corrected chi connectivity index (χ1v) is 10.4. The van der Waals surface area contributed by atoms with E-state index in [1.165, 1.54) is 6.92 Å². The van der Waals surface area contributed by atoms with Crippen LogP contribution in [0.2, 0.25) is 0 Å². The highest BCUT2D eigenvalue weighted by molar-refractivity contribution is 5.94. The highest BCUT2D eigenvalue weighted by atomic mass is 16.5. The van der Waals surface area contributed by atoms with Gasteiger partial charge >= 0.3 is 5.97 Å². The number of rotatable bonds is 5. The number of aryl methyl sites for hydroxylation is 2. The van der Waals surface area contributed by atoms with E-state index in [0.717, 1.165) is 11.1 Å². The van der Waals surface area contributed by atoms with Crippen LogP contribution in [-0.4, -0.2) is 60.4 Å². The molecule has 7 heteroatoms. The standard InChI is InChI=1S/C24H28N2O5/c1-17-8-9-22(18(2)14-17)30-16-23(28)25-10-5-11-26(13-12-25)24(29)20-6-4-7-21(15-20)31-19(3)27/h4,6-9,14-15H,5,10-13,16H2,1-3H3. The van der Waals surface area contributed by atoms with Crippen LogP contribution < -0.4 is 9.47 Å². The zero-order valence-electron chi connectivity index (χ0n) is 18.2. The monoisotopic (exact) mass is 424 g/mol. The van der Waals surface area contributed by atoms with E-state index >= 15 is 0 Å². The number of carbonyl (C=O) groups excluding carboxylic acids is 3. The molecule has 1 aliphatic heterocycles. The van der Waals surface area contributed by atoms with Gasteiger partial charge in [-0.3, -0.25) is 14.4 Å². The van der Waals surface area contributed by atoms with Crippen LogP contribution in [0.5, 0.6) is 11.5 Å². The molecule has 2 aromatic rings. The maximum Gasteiger partial charge on any atom is 0.308 e. The lowest BCUT2D eigenvalue weighted by molar-refractivity contribution is -0.133. The first-order valence-electron chi connectivity index (χ1n) is 10.4. The zero-order chi connectivity index (χ0) is 22.4. The quantitative estimate of drug-likeness (QED) is 0.545. The lowest BCUT2D eigenvalue weighted by Crippen LogP contribution is -2.39. The summed E-state index contributed by atoms with van der Waals surface area (Å²) in [4.78, 5) is 40.2. The molecule has 1 heterocycles. The van der Waals surface area contributed by atoms with Crippen LogP contribution in [0, 0.1) is 13.8 Å². The Hall–Kier alpha value is -3.35. The molecule has 0 aromatic heterocycles. The first kappa shape index (κ1) is 22.3. The maximum absolute atomic E-state index is 12.9. The summed E-state index contributed by atoms with van der Waals surface area (Å²) in [5.74, 6) is 0.379. The molecule has 1 fully saturated rings. The Balaban J connectivity index is 1.56. The number of amides is 2. The van der Waals surface area contributed by atoms with E-state index in [1.54, 1.807) is 34.1 Å². The van der Waals surface area contributed by atoms with Crippen LogP contribution in [-0.2, 0) is 9.59 Å². The van der Waals surface area contributed by atoms with Gasteiger partial charge in [0.25, 0.3) is 11.8 Å². The molecule has 1 saturated heterocycles. The van der Waals surface area contributed by atoms with E-state index in [-0.39, 0.29) is 18.4 Å². The van der Waals surface area contributed by atoms with Crippen molar-refractivity contribution in [1.29, 1.82) is 0 Å². The first-order chi connectivity index (χ1) is 14.8. The third-order valence-corrected chi connectivity index (χ3v) is 5.16. The van der Waals surface area contributed by atoms with Gasteiger partial charge in [0.15, 0.2) is 6.61 Å². The largest absolute Gasteiger partial charge is 0.484 e. The number of carbonyl (C=O) groups is 3. The average molecular weight is 424 g/mol. The van der Waals surface area contributed by atoms with Crippen molar-refractivity contribution < 1.29 is 23.9 Å². The van der Waals surface area contributed by atoms with Crippen molar-refractivity contribution in [1.82, 2.24) is 9.80 Å². The van der Waals surface area contributed by atoms with Crippen LogP contribution in [0.4, 0.5) is 0 Å². The molecule has 0 saturated carbocycles. The number of esters is 1. The van der Waals surface area contributed by atoms with Crippen LogP contribution >= 0.6 is 0 Å². The minimum atomic E-state index is -0.434. The van der Waals surface area contributed by atoms with E-state index in [2.05, 4.69) is 0 Å². The zero-order valence-corrected chi connectivity index (χ0v) is 18.2. The van der Waals surface area contributed by atoms with Gasteiger partial charge in [-0.05, 0) is 50.1 Å². The number of nitrogens with zero attached hydrogens (tertiary/aromatic N) is 2. The molecule has 2 aromatic carbocycles. The molecule has 164 valence electrons. The van der Waals surface area contributed by atoms with E-state index < -0.39 is 5.97 Å². The third-order valence-electron chi connectivity index (χ3n) is 5.16. The van der Waals surface area contributed by atoms with Crippen LogP contribution in [0.1, 0.15) is 34.8 Å². The lowest BCUT2D eigenvalue weighted by Gasteiger charge is -2.22. The molecular formula is C24H28N2O5. The van der Waals surface area contributed by atoms with E-state index in [4.69, 9.17) is 9.47 Å². The molecular weight excluding hydrogens is 396 g/mol. The summed E-state index contributed by atoms with van der Waals surface area (Å²) >= 11 is 0. The van der Waals surface area contributed by atoms with E-state index in [9.17, 15) is 14.4 Å². The fourth-order valence-corrected chi connectivity index (χ4v) is 3.60. The third kappa shape index (κ3) is 6.07. The fourth-order valence-electron chi connectivity index (χ4n) is 3.60. The van der Waals surface area contributed by atoms with E-state index in [1.807, 2.05) is 32.0 Å². The highest BCUT2D eigenvalue weighted by Crippen LogP contribution is 2.19. The van der Waals surface area contributed by atoms with Crippen molar-refractivity contribution in [3.05, 3.63) is 59.2 Å². The Morgan fingerprint density at radius 2 is 1.68 bits per heavy atom. The Bertz CT molecular complexity index is 972. The van der Waals surface area contributed by atoms with Crippen molar-refractivity contribution in [2.75, 3.05) is 32.8 Å². The fraction of sp³-hybridized carbons (Fsp3) is 0.375. The summed E-state index contributed by atoms with van der Waals surface area (Å²) in [7, 11) is 0. The minimum Gasteiger partial charge on any atom is -0.484 e. The molecule has 2 amide bonds. The number of benzene rings is 2. The number of hydrogen-bond acceptors (Lipinski definition) is 5. The number of ether oxygens (including phenoxy) is 2. The lowest BCUT2D eigenvalue weighted by atomic mass is 10.1. The second kappa shape index (κ2) is 10.1. The molecule has 0 N–H and O–H groups in total. The molecule has 1 aliphatic rings. The Kier molecular flexibility index (Phi) is 7.28. The molecule has 0 bridgehead atoms. The Morgan fingerprint density at radius 3 is 2.42 bits per heavy atom. The summed E-state index contributed by atoms with van der Waals surface area (Å²) in [6.45, 7) is 7.28. The molecule has 0 aliphatic carbocycles. The number of hydrogen-bond donors (Lipinski definition) is 0. The molecule has 0 radical (unpaired) electrons. The van der Waals surface area contributed by atoms with E-state index in [0.29, 0.717) is 49.7 Å². The summed E-state index contributed by atoms with van der Waals surface area (Å²) in [6, 6.07) is 12.4. The Labute approximate surface area is 182 Å². The molecule has 31 heavy (non-hydrogen) atoms. The summed E-state index contributed by atoms with van der Waals surface area (Å²) < 4.78 is 10.8. The summed E-state index contributed by atoms with van der Waals surface area (Å²) in [5.41, 5.74) is 2.60. The second-order valence-electron chi connectivity index (χ2n) is 7.71. The van der Waals surface area contributed by atoms with Gasteiger partial charge in [0.2, 0.25) is 0 Å². The van der Waals surface area contributed by atoms with Crippen molar-refractivity contribution in [2.45, 2.75) is 27.2 Å². The van der Waals surface area contributed by atoms with Crippen molar-refractivity contribution in [2.24, 2.45) is 0 Å². The summed E-state index contributed by atoms with van der Waals surface area (Å²) in [6.07, 6.45) is 0.685. The SMILES string of the molecule is CC(=O)Oc1cccc(C(=O)N2CCCN(C(=O)COc3ccc(C)cc3C)CC2)c1. The molecule has 7 nitrogen and oxygen atoms in total. The molecule has 0 unspecified atom stereocenters.